The summed E-state index contributed by atoms with van der Waals surface area (Å²) in [4.78, 5) is 1.25. The second-order valence-electron chi connectivity index (χ2n) is 4.16. The van der Waals surface area contributed by atoms with Gasteiger partial charge < -0.3 is 0 Å². The van der Waals surface area contributed by atoms with Gasteiger partial charge >= 0.3 is 0 Å². The molecule has 1 aromatic carbocycles. The summed E-state index contributed by atoms with van der Waals surface area (Å²) in [5, 5.41) is 0.824. The van der Waals surface area contributed by atoms with Crippen LogP contribution >= 0.6 is 23.5 Å². The molecule has 1 nitrogen and oxygen atoms in total. The van der Waals surface area contributed by atoms with Crippen LogP contribution in [-0.4, -0.2) is 17.4 Å². The van der Waals surface area contributed by atoms with Crippen LogP contribution in [0.15, 0.2) is 29.2 Å². The largest absolute Gasteiger partial charge is 0.246 e. The van der Waals surface area contributed by atoms with Crippen molar-refractivity contribution in [3.05, 3.63) is 29.3 Å². The van der Waals surface area contributed by atoms with Gasteiger partial charge in [-0.05, 0) is 48.9 Å². The molecule has 0 N–H and O–H groups in total. The van der Waals surface area contributed by atoms with E-state index >= 15 is 0 Å². The fourth-order valence-electron chi connectivity index (χ4n) is 1.75. The Morgan fingerprint density at radius 2 is 1.88 bits per heavy atom. The monoisotopic (exact) mass is 271 g/mol. The molecule has 1 aliphatic rings. The van der Waals surface area contributed by atoms with Crippen LogP contribution in [-0.2, 0) is 0 Å². The number of halogens is 1. The third-order valence-corrected chi connectivity index (χ3v) is 4.10. The first kappa shape index (κ1) is 14.9. The van der Waals surface area contributed by atoms with Crippen molar-refractivity contribution in [2.45, 2.75) is 38.5 Å². The van der Waals surface area contributed by atoms with Crippen LogP contribution in [0.5, 0.6) is 0 Å². The second-order valence-corrected chi connectivity index (χ2v) is 5.77. The maximum absolute atomic E-state index is 5.95. The molecule has 0 radical (unpaired) electrons. The quantitative estimate of drug-likeness (QED) is 0.688. The molecule has 1 aliphatic heterocycles. The van der Waals surface area contributed by atoms with Crippen LogP contribution in [0, 0.1) is 5.92 Å². The van der Waals surface area contributed by atoms with E-state index in [9.17, 15) is 0 Å². The normalized spacial score (nSPS) is 17.4. The Bertz CT molecular complexity index is 322. The van der Waals surface area contributed by atoms with E-state index in [2.05, 4.69) is 17.3 Å². The van der Waals surface area contributed by atoms with Gasteiger partial charge in [0, 0.05) is 23.0 Å². The first-order valence-electron chi connectivity index (χ1n) is 6.42. The number of nitrogens with zero attached hydrogens (tertiary/aromatic N) is 1. The Kier molecular flexibility index (Phi) is 7.02. The molecule has 17 heavy (non-hydrogen) atoms. The molecule has 0 saturated carbocycles. The van der Waals surface area contributed by atoms with Gasteiger partial charge in [-0.2, -0.15) is 0 Å². The van der Waals surface area contributed by atoms with E-state index in [1.54, 1.807) is 0 Å². The lowest BCUT2D eigenvalue weighted by Gasteiger charge is -2.28. The van der Waals surface area contributed by atoms with Gasteiger partial charge in [-0.25, -0.2) is 4.31 Å². The molecular formula is C14H22ClNS. The molecule has 1 aromatic rings. The van der Waals surface area contributed by atoms with E-state index in [1.807, 2.05) is 44.0 Å². The molecule has 2 rings (SSSR count). The number of benzene rings is 1. The zero-order chi connectivity index (χ0) is 12.7. The molecule has 1 saturated heterocycles. The first-order chi connectivity index (χ1) is 8.24. The van der Waals surface area contributed by atoms with Crippen molar-refractivity contribution >= 4 is 23.5 Å². The van der Waals surface area contributed by atoms with Crippen molar-refractivity contribution in [1.29, 1.82) is 0 Å². The van der Waals surface area contributed by atoms with E-state index in [4.69, 9.17) is 11.6 Å². The lowest BCUT2D eigenvalue weighted by atomic mass is 10.0. The van der Waals surface area contributed by atoms with E-state index in [0.29, 0.717) is 0 Å². The van der Waals surface area contributed by atoms with E-state index < -0.39 is 0 Å². The van der Waals surface area contributed by atoms with Crippen molar-refractivity contribution in [1.82, 2.24) is 4.31 Å². The van der Waals surface area contributed by atoms with E-state index in [1.165, 1.54) is 30.8 Å². The minimum atomic E-state index is 0.824. The average molecular weight is 272 g/mol. The maximum Gasteiger partial charge on any atom is 0.0417 e. The van der Waals surface area contributed by atoms with E-state index in [0.717, 1.165) is 10.9 Å². The molecular weight excluding hydrogens is 250 g/mol. The van der Waals surface area contributed by atoms with Crippen molar-refractivity contribution in [2.75, 3.05) is 13.1 Å². The van der Waals surface area contributed by atoms with Gasteiger partial charge in [0.2, 0.25) is 0 Å². The highest BCUT2D eigenvalue weighted by molar-refractivity contribution is 7.97. The van der Waals surface area contributed by atoms with Gasteiger partial charge in [-0.1, -0.05) is 38.4 Å². The Hall–Kier alpha value is -0.180. The maximum atomic E-state index is 5.95. The Balaban J connectivity index is 0.000000686. The fourth-order valence-corrected chi connectivity index (χ4v) is 3.01. The summed E-state index contributed by atoms with van der Waals surface area (Å²) >= 11 is 7.78. The smallest absolute Gasteiger partial charge is 0.0417 e. The van der Waals surface area contributed by atoms with Crippen molar-refractivity contribution in [3.63, 3.8) is 0 Å². The third kappa shape index (κ3) is 5.33. The number of piperidine rings is 1. The Morgan fingerprint density at radius 1 is 1.24 bits per heavy atom. The standard InChI is InChI=1S/C12H16ClNS.C2H6/c1-10-5-7-14(8-6-10)15-12-4-2-3-11(13)9-12;1-2/h2-4,9-10H,5-8H2,1H3;1-2H3. The van der Waals surface area contributed by atoms with Crippen molar-refractivity contribution in [2.24, 2.45) is 5.92 Å². The summed E-state index contributed by atoms with van der Waals surface area (Å²) in [6.07, 6.45) is 2.63. The van der Waals surface area contributed by atoms with Gasteiger partial charge in [-0.3, -0.25) is 0 Å². The summed E-state index contributed by atoms with van der Waals surface area (Å²) < 4.78 is 2.44. The van der Waals surface area contributed by atoms with Gasteiger partial charge in [0.05, 0.1) is 0 Å². The zero-order valence-corrected chi connectivity index (χ0v) is 12.5. The first-order valence-corrected chi connectivity index (χ1v) is 7.57. The summed E-state index contributed by atoms with van der Waals surface area (Å²) in [7, 11) is 0. The minimum absolute atomic E-state index is 0.824. The van der Waals surface area contributed by atoms with Crippen LogP contribution in [0.25, 0.3) is 0 Å². The highest BCUT2D eigenvalue weighted by Gasteiger charge is 2.16. The third-order valence-electron chi connectivity index (χ3n) is 2.77. The zero-order valence-electron chi connectivity index (χ0n) is 10.9. The lowest BCUT2D eigenvalue weighted by molar-refractivity contribution is 0.308. The topological polar surface area (TPSA) is 3.24 Å². The second kappa shape index (κ2) is 8.02. The minimum Gasteiger partial charge on any atom is -0.246 e. The lowest BCUT2D eigenvalue weighted by Crippen LogP contribution is -2.27. The molecule has 1 heterocycles. The molecule has 0 aliphatic carbocycles. The van der Waals surface area contributed by atoms with Gasteiger partial charge in [-0.15, -0.1) is 0 Å². The predicted octanol–water partition coefficient (Wildman–Crippen LogP) is 5.11. The SMILES string of the molecule is CC.CC1CCN(Sc2cccc(Cl)c2)CC1. The van der Waals surface area contributed by atoms with Crippen molar-refractivity contribution < 1.29 is 0 Å². The van der Waals surface area contributed by atoms with Crippen molar-refractivity contribution in [3.8, 4) is 0 Å². The van der Waals surface area contributed by atoms with Crippen LogP contribution in [0.3, 0.4) is 0 Å². The molecule has 0 bridgehead atoms. The fraction of sp³-hybridized carbons (Fsp3) is 0.571. The van der Waals surface area contributed by atoms with Crippen LogP contribution < -0.4 is 0 Å². The summed E-state index contributed by atoms with van der Waals surface area (Å²) in [6.45, 7) is 8.72. The number of rotatable bonds is 2. The highest BCUT2D eigenvalue weighted by atomic mass is 35.5. The molecule has 0 atom stereocenters. The van der Waals surface area contributed by atoms with Crippen LogP contribution in [0.4, 0.5) is 0 Å². The molecule has 1 fully saturated rings. The predicted molar refractivity (Wildman–Crippen MR) is 78.6 cm³/mol. The number of hydrogen-bond acceptors (Lipinski definition) is 2. The molecule has 0 unspecified atom stereocenters. The summed E-state index contributed by atoms with van der Waals surface area (Å²) in [5.74, 6) is 0.890. The molecule has 3 heteroatoms. The van der Waals surface area contributed by atoms with Crippen LogP contribution in [0.2, 0.25) is 5.02 Å². The van der Waals surface area contributed by atoms with Crippen LogP contribution in [0.1, 0.15) is 33.6 Å². The summed E-state index contributed by atoms with van der Waals surface area (Å²) in [6, 6.07) is 8.08. The average Bonchev–Trinajstić information content (AvgIpc) is 2.35. The molecule has 0 spiro atoms. The number of hydrogen-bond donors (Lipinski definition) is 0. The molecule has 0 amide bonds. The summed E-state index contributed by atoms with van der Waals surface area (Å²) in [5.41, 5.74) is 0. The van der Waals surface area contributed by atoms with Gasteiger partial charge in [0.1, 0.15) is 0 Å². The molecule has 96 valence electrons. The Morgan fingerprint density at radius 3 is 2.47 bits per heavy atom. The highest BCUT2D eigenvalue weighted by Crippen LogP contribution is 2.29. The van der Waals surface area contributed by atoms with Gasteiger partial charge in [0.25, 0.3) is 0 Å². The molecule has 0 aromatic heterocycles. The van der Waals surface area contributed by atoms with Gasteiger partial charge in [0.15, 0.2) is 0 Å². The Labute approximate surface area is 115 Å². The van der Waals surface area contributed by atoms with E-state index in [-0.39, 0.29) is 0 Å².